The van der Waals surface area contributed by atoms with Crippen LogP contribution in [0.1, 0.15) is 27.7 Å². The number of alkyl halides is 1. The van der Waals surface area contributed by atoms with Gasteiger partial charge in [0, 0.05) is 20.8 Å². The van der Waals surface area contributed by atoms with E-state index < -0.39 is 50.9 Å². The van der Waals surface area contributed by atoms with Gasteiger partial charge in [-0.3, -0.25) is 19.2 Å². The molecule has 0 aromatic heterocycles. The first kappa shape index (κ1) is 20.9. The Bertz CT molecular complexity index is 539. The smallest absolute Gasteiger partial charge is 0.303 e. The average Bonchev–Trinajstić information content (AvgIpc) is 2.43. The minimum Gasteiger partial charge on any atom is -0.465 e. The number of thioether (sulfide) groups is 1. The third kappa shape index (κ3) is 4.48. The Kier molecular flexibility index (Phi) is 7.24. The Morgan fingerprint density at radius 2 is 1.67 bits per heavy atom. The average molecular weight is 427 g/mol. The van der Waals surface area contributed by atoms with E-state index in [9.17, 15) is 24.3 Å². The molecular weight excluding hydrogens is 408 g/mol. The number of aliphatic hydroxyl groups excluding tert-OH is 1. The summed E-state index contributed by atoms with van der Waals surface area (Å²) in [6.07, 6.45) is -2.77. The minimum atomic E-state index is -1.97. The fourth-order valence-electron chi connectivity index (χ4n) is 2.47. The third-order valence-corrected chi connectivity index (χ3v) is 5.91. The molecule has 0 amide bonds. The maximum atomic E-state index is 12.4. The first-order valence-electron chi connectivity index (χ1n) is 7.01. The number of hydrogen-bond acceptors (Lipinski definition) is 9. The van der Waals surface area contributed by atoms with Crippen LogP contribution in [0.25, 0.3) is 0 Å². The van der Waals surface area contributed by atoms with Crippen molar-refractivity contribution in [2.75, 3.05) is 6.61 Å². The molecule has 0 aromatic rings. The normalized spacial score (nSPS) is 32.6. The molecule has 24 heavy (non-hydrogen) atoms. The summed E-state index contributed by atoms with van der Waals surface area (Å²) >= 11 is 4.27. The van der Waals surface area contributed by atoms with E-state index in [2.05, 4.69) is 15.9 Å². The molecule has 1 rings (SSSR count). The van der Waals surface area contributed by atoms with E-state index in [1.807, 2.05) is 0 Å². The van der Waals surface area contributed by atoms with Crippen LogP contribution in [0, 0.1) is 0 Å². The van der Waals surface area contributed by atoms with Crippen molar-refractivity contribution in [3.63, 3.8) is 0 Å². The lowest BCUT2D eigenvalue weighted by Crippen LogP contribution is -2.68. The van der Waals surface area contributed by atoms with Crippen molar-refractivity contribution in [1.82, 2.24) is 0 Å². The molecule has 1 aliphatic rings. The summed E-state index contributed by atoms with van der Waals surface area (Å²) in [7, 11) is 0. The van der Waals surface area contributed by atoms with Crippen molar-refractivity contribution >= 4 is 51.4 Å². The van der Waals surface area contributed by atoms with Crippen molar-refractivity contribution in [2.45, 2.75) is 54.9 Å². The van der Waals surface area contributed by atoms with Crippen LogP contribution in [-0.2, 0) is 33.4 Å². The summed E-state index contributed by atoms with van der Waals surface area (Å²) in [6, 6.07) is 0. The minimum absolute atomic E-state index is 0.264. The van der Waals surface area contributed by atoms with E-state index in [-0.39, 0.29) is 6.61 Å². The Labute approximate surface area is 151 Å². The molecule has 1 saturated heterocycles. The molecule has 1 heterocycles. The molecule has 5 atom stereocenters. The highest BCUT2D eigenvalue weighted by atomic mass is 79.9. The van der Waals surface area contributed by atoms with Crippen LogP contribution in [0.3, 0.4) is 0 Å². The number of ether oxygens (including phenoxy) is 3. The topological polar surface area (TPSA) is 116 Å². The van der Waals surface area contributed by atoms with Gasteiger partial charge in [-0.15, -0.1) is 11.8 Å². The number of Topliss-reactive ketones (excluding diaryl/α,β-unsaturated/α-hetero) is 1. The van der Waals surface area contributed by atoms with Crippen LogP contribution in [0.4, 0.5) is 0 Å². The highest BCUT2D eigenvalue weighted by Gasteiger charge is 2.63. The van der Waals surface area contributed by atoms with Gasteiger partial charge in [-0.25, -0.2) is 0 Å². The molecule has 10 heteroatoms. The standard InChI is InChI=1S/C14H19BrO8S/c1-6(16)14(23-9(4)19)10(5-21-7(2)17)24-13(15)11(20)12(14)22-8(3)18/h10-13,20H,5H2,1-4H3/t10-,11+,12+,13-,14+/m0/s1. The van der Waals surface area contributed by atoms with Gasteiger partial charge in [-0.05, 0) is 6.92 Å². The second-order valence-electron chi connectivity index (χ2n) is 5.24. The molecular formula is C14H19BrO8S. The van der Waals surface area contributed by atoms with Gasteiger partial charge in [0.15, 0.2) is 11.9 Å². The summed E-state index contributed by atoms with van der Waals surface area (Å²) < 4.78 is 14.7. The van der Waals surface area contributed by atoms with Crippen LogP contribution < -0.4 is 0 Å². The summed E-state index contributed by atoms with van der Waals surface area (Å²) in [5.74, 6) is -2.77. The highest BCUT2D eigenvalue weighted by Crippen LogP contribution is 2.46. The maximum Gasteiger partial charge on any atom is 0.303 e. The van der Waals surface area contributed by atoms with Gasteiger partial charge in [0.05, 0.1) is 9.41 Å². The molecule has 0 aromatic carbocycles. The van der Waals surface area contributed by atoms with Crippen molar-refractivity contribution in [3.8, 4) is 0 Å². The van der Waals surface area contributed by atoms with Gasteiger partial charge in [0.1, 0.15) is 12.7 Å². The first-order chi connectivity index (χ1) is 11.0. The second-order valence-corrected chi connectivity index (χ2v) is 8.18. The molecule has 0 aliphatic carbocycles. The first-order valence-corrected chi connectivity index (χ1v) is 8.87. The number of aliphatic hydroxyl groups is 1. The van der Waals surface area contributed by atoms with E-state index in [4.69, 9.17) is 14.2 Å². The van der Waals surface area contributed by atoms with Crippen molar-refractivity contribution < 1.29 is 38.5 Å². The number of esters is 3. The molecule has 0 unspecified atom stereocenters. The number of hydrogen-bond donors (Lipinski definition) is 1. The lowest BCUT2D eigenvalue weighted by atomic mass is 9.84. The van der Waals surface area contributed by atoms with Gasteiger partial charge in [-0.1, -0.05) is 15.9 Å². The predicted molar refractivity (Wildman–Crippen MR) is 87.5 cm³/mol. The maximum absolute atomic E-state index is 12.4. The van der Waals surface area contributed by atoms with Gasteiger partial charge in [0.2, 0.25) is 5.60 Å². The summed E-state index contributed by atoms with van der Waals surface area (Å²) in [4.78, 5) is 46.6. The van der Waals surface area contributed by atoms with Crippen LogP contribution in [-0.4, -0.2) is 62.6 Å². The van der Waals surface area contributed by atoms with E-state index >= 15 is 0 Å². The zero-order valence-electron chi connectivity index (χ0n) is 13.6. The molecule has 136 valence electrons. The van der Waals surface area contributed by atoms with Crippen LogP contribution in [0.15, 0.2) is 0 Å². The van der Waals surface area contributed by atoms with Crippen LogP contribution >= 0.6 is 27.7 Å². The van der Waals surface area contributed by atoms with Crippen molar-refractivity contribution in [1.29, 1.82) is 0 Å². The molecule has 1 aliphatic heterocycles. The summed E-state index contributed by atoms with van der Waals surface area (Å²) in [5, 5.41) is 9.51. The zero-order valence-corrected chi connectivity index (χ0v) is 16.0. The molecule has 0 radical (unpaired) electrons. The lowest BCUT2D eigenvalue weighted by molar-refractivity contribution is -0.201. The number of ketones is 1. The van der Waals surface area contributed by atoms with E-state index in [1.165, 1.54) is 6.92 Å². The molecule has 0 saturated carbocycles. The molecule has 0 bridgehead atoms. The van der Waals surface area contributed by atoms with E-state index in [1.54, 1.807) is 0 Å². The second kappa shape index (κ2) is 8.30. The quantitative estimate of drug-likeness (QED) is 0.382. The zero-order chi connectivity index (χ0) is 18.7. The van der Waals surface area contributed by atoms with Gasteiger partial charge < -0.3 is 19.3 Å². The summed E-state index contributed by atoms with van der Waals surface area (Å²) in [5.41, 5.74) is -1.97. The molecule has 1 N–H and O–H groups in total. The van der Waals surface area contributed by atoms with Crippen molar-refractivity contribution in [2.24, 2.45) is 0 Å². The third-order valence-electron chi connectivity index (χ3n) is 3.37. The largest absolute Gasteiger partial charge is 0.465 e. The highest BCUT2D eigenvalue weighted by molar-refractivity contribution is 9.11. The fraction of sp³-hybridized carbons (Fsp3) is 0.714. The monoisotopic (exact) mass is 426 g/mol. The number of carbonyl (C=O) groups is 4. The molecule has 8 nitrogen and oxygen atoms in total. The molecule has 0 spiro atoms. The Morgan fingerprint density at radius 1 is 1.08 bits per heavy atom. The fourth-order valence-corrected chi connectivity index (χ4v) is 4.84. The van der Waals surface area contributed by atoms with Gasteiger partial charge in [-0.2, -0.15) is 0 Å². The Morgan fingerprint density at radius 3 is 2.08 bits per heavy atom. The van der Waals surface area contributed by atoms with Gasteiger partial charge in [0.25, 0.3) is 0 Å². The SMILES string of the molecule is CC(=O)OC[C@@H]1S[C@H](Br)[C@H](O)[C@@H](OC(C)=O)[C@@]1(OC(C)=O)C(C)=O. The van der Waals surface area contributed by atoms with Crippen LogP contribution in [0.5, 0.6) is 0 Å². The Hall–Kier alpha value is -1.13. The van der Waals surface area contributed by atoms with E-state index in [0.717, 1.165) is 32.5 Å². The number of carbonyl (C=O) groups excluding carboxylic acids is 4. The number of rotatable bonds is 5. The van der Waals surface area contributed by atoms with Crippen LogP contribution in [0.2, 0.25) is 0 Å². The van der Waals surface area contributed by atoms with Gasteiger partial charge >= 0.3 is 17.9 Å². The predicted octanol–water partition coefficient (Wildman–Crippen LogP) is 0.569. The lowest BCUT2D eigenvalue weighted by Gasteiger charge is -2.48. The van der Waals surface area contributed by atoms with E-state index in [0.29, 0.717) is 0 Å². The number of halogens is 1. The Balaban J connectivity index is 3.40. The summed E-state index contributed by atoms with van der Waals surface area (Å²) in [6.45, 7) is 4.29. The molecule has 1 fully saturated rings. The van der Waals surface area contributed by atoms with Crippen molar-refractivity contribution in [3.05, 3.63) is 0 Å².